The molecule has 0 aliphatic heterocycles. The monoisotopic (exact) mass is 281 g/mol. The molecule has 1 atom stereocenters. The zero-order valence-electron chi connectivity index (χ0n) is 11.2. The summed E-state index contributed by atoms with van der Waals surface area (Å²) in [5.41, 5.74) is 2.36. The number of hydrogen-bond acceptors (Lipinski definition) is 3. The van der Waals surface area contributed by atoms with Gasteiger partial charge in [-0.05, 0) is 18.9 Å². The van der Waals surface area contributed by atoms with Crippen LogP contribution >= 0.6 is 11.8 Å². The highest BCUT2D eigenvalue weighted by atomic mass is 32.2. The van der Waals surface area contributed by atoms with Crippen LogP contribution in [-0.2, 0) is 15.3 Å². The van der Waals surface area contributed by atoms with Crippen LogP contribution in [0, 0.1) is 6.92 Å². The fourth-order valence-electron chi connectivity index (χ4n) is 1.64. The second kappa shape index (κ2) is 7.84. The van der Waals surface area contributed by atoms with Crippen molar-refractivity contribution in [2.45, 2.75) is 32.1 Å². The average molecular weight is 281 g/mol. The van der Waals surface area contributed by atoms with Crippen LogP contribution in [0.3, 0.4) is 0 Å². The van der Waals surface area contributed by atoms with Gasteiger partial charge in [0, 0.05) is 5.75 Å². The lowest BCUT2D eigenvalue weighted by atomic mass is 10.2. The first kappa shape index (κ1) is 15.6. The quantitative estimate of drug-likeness (QED) is 0.804. The molecule has 1 amide bonds. The highest BCUT2D eigenvalue weighted by Crippen LogP contribution is 2.13. The maximum Gasteiger partial charge on any atom is 0.326 e. The smallest absolute Gasteiger partial charge is 0.326 e. The molecule has 5 heteroatoms. The third-order valence-electron chi connectivity index (χ3n) is 2.63. The van der Waals surface area contributed by atoms with Crippen molar-refractivity contribution in [2.75, 3.05) is 5.75 Å². The topological polar surface area (TPSA) is 66.4 Å². The fraction of sp³-hybridized carbons (Fsp3) is 0.429. The third kappa shape index (κ3) is 5.79. The Labute approximate surface area is 117 Å². The molecule has 0 spiro atoms. The lowest BCUT2D eigenvalue weighted by molar-refractivity contribution is -0.141. The maximum absolute atomic E-state index is 11.6. The molecule has 19 heavy (non-hydrogen) atoms. The fourth-order valence-corrected chi connectivity index (χ4v) is 2.42. The number of thioether (sulfide) groups is 1. The van der Waals surface area contributed by atoms with E-state index in [9.17, 15) is 9.59 Å². The number of carboxylic acids is 1. The predicted molar refractivity (Wildman–Crippen MR) is 77.2 cm³/mol. The van der Waals surface area contributed by atoms with Crippen LogP contribution in [-0.4, -0.2) is 28.8 Å². The SMILES string of the molecule is CCC(NC(=O)CSCc1cccc(C)c1)C(=O)O. The summed E-state index contributed by atoms with van der Waals surface area (Å²) in [4.78, 5) is 22.4. The summed E-state index contributed by atoms with van der Waals surface area (Å²) in [6.07, 6.45) is 0.392. The van der Waals surface area contributed by atoms with Crippen molar-refractivity contribution in [3.63, 3.8) is 0 Å². The molecule has 1 unspecified atom stereocenters. The Morgan fingerprint density at radius 3 is 2.74 bits per heavy atom. The predicted octanol–water partition coefficient (Wildman–Crippen LogP) is 2.21. The highest BCUT2D eigenvalue weighted by Gasteiger charge is 2.17. The Bertz CT molecular complexity index is 448. The molecule has 0 bridgehead atoms. The molecule has 0 heterocycles. The van der Waals surface area contributed by atoms with Crippen molar-refractivity contribution in [2.24, 2.45) is 0 Å². The number of nitrogens with one attached hydrogen (secondary N) is 1. The molecule has 2 N–H and O–H groups in total. The van der Waals surface area contributed by atoms with Gasteiger partial charge in [-0.1, -0.05) is 36.8 Å². The van der Waals surface area contributed by atoms with E-state index in [4.69, 9.17) is 5.11 Å². The Morgan fingerprint density at radius 1 is 1.42 bits per heavy atom. The number of carbonyl (C=O) groups excluding carboxylic acids is 1. The first-order valence-corrected chi connectivity index (χ1v) is 7.34. The molecule has 0 radical (unpaired) electrons. The van der Waals surface area contributed by atoms with Crippen LogP contribution < -0.4 is 5.32 Å². The molecule has 1 aromatic rings. The minimum atomic E-state index is -0.987. The van der Waals surface area contributed by atoms with Gasteiger partial charge in [-0.2, -0.15) is 0 Å². The van der Waals surface area contributed by atoms with Gasteiger partial charge in [0.05, 0.1) is 5.75 Å². The number of amides is 1. The maximum atomic E-state index is 11.6. The van der Waals surface area contributed by atoms with Crippen LogP contribution in [0.2, 0.25) is 0 Å². The number of carboxylic acid groups (broad SMARTS) is 1. The Balaban J connectivity index is 2.33. The van der Waals surface area contributed by atoms with Gasteiger partial charge in [0.15, 0.2) is 0 Å². The molecule has 1 aromatic carbocycles. The standard InChI is InChI=1S/C14H19NO3S/c1-3-12(14(17)18)15-13(16)9-19-8-11-6-4-5-10(2)7-11/h4-7,12H,3,8-9H2,1-2H3,(H,15,16)(H,17,18). The molecule has 0 aliphatic rings. The van der Waals surface area contributed by atoms with E-state index in [-0.39, 0.29) is 11.7 Å². The summed E-state index contributed by atoms with van der Waals surface area (Å²) in [5, 5.41) is 11.3. The van der Waals surface area contributed by atoms with E-state index in [1.807, 2.05) is 25.1 Å². The van der Waals surface area contributed by atoms with E-state index in [0.29, 0.717) is 6.42 Å². The van der Waals surface area contributed by atoms with Gasteiger partial charge in [-0.25, -0.2) is 4.79 Å². The van der Waals surface area contributed by atoms with Gasteiger partial charge in [0.25, 0.3) is 0 Å². The zero-order valence-corrected chi connectivity index (χ0v) is 12.0. The summed E-state index contributed by atoms with van der Waals surface area (Å²) in [6.45, 7) is 3.76. The minimum Gasteiger partial charge on any atom is -0.480 e. The molecule has 4 nitrogen and oxygen atoms in total. The van der Waals surface area contributed by atoms with Crippen molar-refractivity contribution < 1.29 is 14.7 Å². The van der Waals surface area contributed by atoms with E-state index in [1.165, 1.54) is 22.9 Å². The van der Waals surface area contributed by atoms with Crippen LogP contribution in [0.25, 0.3) is 0 Å². The first-order valence-electron chi connectivity index (χ1n) is 6.18. The van der Waals surface area contributed by atoms with Gasteiger partial charge in [-0.15, -0.1) is 11.8 Å². The lowest BCUT2D eigenvalue weighted by Crippen LogP contribution is -2.41. The largest absolute Gasteiger partial charge is 0.480 e. The third-order valence-corrected chi connectivity index (χ3v) is 3.63. The second-order valence-corrected chi connectivity index (χ2v) is 5.33. The molecule has 0 saturated heterocycles. The summed E-state index contributed by atoms with van der Waals surface area (Å²) >= 11 is 1.48. The summed E-state index contributed by atoms with van der Waals surface area (Å²) in [6, 6.07) is 7.33. The molecular weight excluding hydrogens is 262 g/mol. The average Bonchev–Trinajstić information content (AvgIpc) is 2.35. The molecule has 0 fully saturated rings. The minimum absolute atomic E-state index is 0.230. The Hall–Kier alpha value is -1.49. The number of rotatable bonds is 7. The van der Waals surface area contributed by atoms with Crippen molar-refractivity contribution in [1.29, 1.82) is 0 Å². The second-order valence-electron chi connectivity index (χ2n) is 4.35. The number of benzene rings is 1. The molecular formula is C14H19NO3S. The molecule has 104 valence electrons. The van der Waals surface area contributed by atoms with Crippen molar-refractivity contribution in [1.82, 2.24) is 5.32 Å². The van der Waals surface area contributed by atoms with Gasteiger partial charge in [-0.3, -0.25) is 4.79 Å². The van der Waals surface area contributed by atoms with Crippen LogP contribution in [0.5, 0.6) is 0 Å². The van der Waals surface area contributed by atoms with Gasteiger partial charge in [0.1, 0.15) is 6.04 Å². The summed E-state index contributed by atoms with van der Waals surface area (Å²) in [7, 11) is 0. The van der Waals surface area contributed by atoms with E-state index in [0.717, 1.165) is 5.75 Å². The zero-order chi connectivity index (χ0) is 14.3. The van der Waals surface area contributed by atoms with Gasteiger partial charge in [0.2, 0.25) is 5.91 Å². The van der Waals surface area contributed by atoms with Crippen LogP contribution in [0.1, 0.15) is 24.5 Å². The van der Waals surface area contributed by atoms with Crippen molar-refractivity contribution >= 4 is 23.6 Å². The van der Waals surface area contributed by atoms with E-state index in [1.54, 1.807) is 6.92 Å². The van der Waals surface area contributed by atoms with Gasteiger partial charge < -0.3 is 10.4 Å². The van der Waals surface area contributed by atoms with Crippen molar-refractivity contribution in [3.05, 3.63) is 35.4 Å². The van der Waals surface area contributed by atoms with E-state index >= 15 is 0 Å². The first-order chi connectivity index (χ1) is 9.02. The van der Waals surface area contributed by atoms with Crippen LogP contribution in [0.15, 0.2) is 24.3 Å². The number of aliphatic carboxylic acids is 1. The normalized spacial score (nSPS) is 11.9. The van der Waals surface area contributed by atoms with Gasteiger partial charge >= 0.3 is 5.97 Å². The van der Waals surface area contributed by atoms with E-state index in [2.05, 4.69) is 11.4 Å². The Kier molecular flexibility index (Phi) is 6.42. The van der Waals surface area contributed by atoms with E-state index < -0.39 is 12.0 Å². The molecule has 0 saturated carbocycles. The number of carbonyl (C=O) groups is 2. The molecule has 1 rings (SSSR count). The summed E-state index contributed by atoms with van der Waals surface area (Å²) in [5.74, 6) is -0.192. The molecule has 0 aliphatic carbocycles. The molecule has 0 aromatic heterocycles. The summed E-state index contributed by atoms with van der Waals surface area (Å²) < 4.78 is 0. The van der Waals surface area contributed by atoms with Crippen molar-refractivity contribution in [3.8, 4) is 0 Å². The number of aryl methyl sites for hydroxylation is 1. The Morgan fingerprint density at radius 2 is 2.16 bits per heavy atom. The highest BCUT2D eigenvalue weighted by molar-refractivity contribution is 7.99. The lowest BCUT2D eigenvalue weighted by Gasteiger charge is -2.11. The number of hydrogen-bond donors (Lipinski definition) is 2. The van der Waals surface area contributed by atoms with Crippen LogP contribution in [0.4, 0.5) is 0 Å².